The Kier molecular flexibility index (Phi) is 3.46. The minimum absolute atomic E-state index is 0.0475. The van der Waals surface area contributed by atoms with Crippen LogP contribution in [0.25, 0.3) is 10.9 Å². The van der Waals surface area contributed by atoms with Crippen LogP contribution in [-0.2, 0) is 6.61 Å². The summed E-state index contributed by atoms with van der Waals surface area (Å²) in [6, 6.07) is 16.8. The molecule has 1 saturated carbocycles. The molecular formula is C19H17FN2O. The number of fused-ring (bicyclic) bond motifs is 1. The summed E-state index contributed by atoms with van der Waals surface area (Å²) in [6.07, 6.45) is 0.991. The molecule has 4 heteroatoms. The molecule has 3 nitrogen and oxygen atoms in total. The maximum absolute atomic E-state index is 13.0. The minimum Gasteiger partial charge on any atom is -0.392 e. The van der Waals surface area contributed by atoms with Crippen molar-refractivity contribution in [3.05, 3.63) is 71.5 Å². The fourth-order valence-electron chi connectivity index (χ4n) is 3.01. The summed E-state index contributed by atoms with van der Waals surface area (Å²) in [5.74, 6) is 0.897. The first kappa shape index (κ1) is 14.2. The van der Waals surface area contributed by atoms with Gasteiger partial charge in [0.15, 0.2) is 0 Å². The molecule has 1 aliphatic rings. The number of para-hydroxylation sites is 1. The standard InChI is InChI=1S/C19H17FN2O/c20-15-7-5-12(6-8-15)16-10-18(16)22-19-14(11-23)9-13-3-1-2-4-17(13)21-19/h1-9,16,18,23H,10-11H2,(H,21,22)/t16-,18+/m0/s1. The molecule has 0 amide bonds. The zero-order valence-corrected chi connectivity index (χ0v) is 12.5. The van der Waals surface area contributed by atoms with Crippen molar-refractivity contribution in [3.63, 3.8) is 0 Å². The van der Waals surface area contributed by atoms with Crippen molar-refractivity contribution in [2.75, 3.05) is 5.32 Å². The van der Waals surface area contributed by atoms with E-state index < -0.39 is 0 Å². The number of hydrogen-bond acceptors (Lipinski definition) is 3. The number of halogens is 1. The number of aliphatic hydroxyl groups excluding tert-OH is 1. The maximum atomic E-state index is 13.0. The van der Waals surface area contributed by atoms with Gasteiger partial charge in [-0.15, -0.1) is 0 Å². The third kappa shape index (κ3) is 2.78. The van der Waals surface area contributed by atoms with Gasteiger partial charge in [-0.1, -0.05) is 30.3 Å². The number of anilines is 1. The molecule has 3 aromatic rings. The van der Waals surface area contributed by atoms with Crippen molar-refractivity contribution in [3.8, 4) is 0 Å². The SMILES string of the molecule is OCc1cc2ccccc2nc1N[C@@H]1C[C@H]1c1ccc(F)cc1. The molecule has 2 N–H and O–H groups in total. The van der Waals surface area contributed by atoms with Gasteiger partial charge >= 0.3 is 0 Å². The topological polar surface area (TPSA) is 45.2 Å². The average molecular weight is 308 g/mol. The summed E-state index contributed by atoms with van der Waals surface area (Å²) >= 11 is 0. The summed E-state index contributed by atoms with van der Waals surface area (Å²) in [5, 5.41) is 14.1. The number of aliphatic hydroxyl groups is 1. The van der Waals surface area contributed by atoms with E-state index in [0.717, 1.165) is 34.3 Å². The summed E-state index contributed by atoms with van der Waals surface area (Å²) in [6.45, 7) is -0.0475. The predicted molar refractivity (Wildman–Crippen MR) is 88.8 cm³/mol. The van der Waals surface area contributed by atoms with Crippen LogP contribution in [0.4, 0.5) is 10.2 Å². The van der Waals surface area contributed by atoms with Crippen LogP contribution in [0, 0.1) is 5.82 Å². The van der Waals surface area contributed by atoms with Crippen molar-refractivity contribution < 1.29 is 9.50 Å². The average Bonchev–Trinajstić information content (AvgIpc) is 3.34. The fraction of sp³-hybridized carbons (Fsp3) is 0.211. The Morgan fingerprint density at radius 1 is 1.13 bits per heavy atom. The predicted octanol–water partition coefficient (Wildman–Crippen LogP) is 3.83. The van der Waals surface area contributed by atoms with Gasteiger partial charge in [-0.2, -0.15) is 0 Å². The highest BCUT2D eigenvalue weighted by Crippen LogP contribution is 2.43. The van der Waals surface area contributed by atoms with Crippen LogP contribution in [0.2, 0.25) is 0 Å². The number of nitrogens with one attached hydrogen (secondary N) is 1. The lowest BCUT2D eigenvalue weighted by Crippen LogP contribution is -2.09. The minimum atomic E-state index is -0.210. The molecule has 1 heterocycles. The van der Waals surface area contributed by atoms with Crippen molar-refractivity contribution in [2.24, 2.45) is 0 Å². The number of pyridine rings is 1. The summed E-state index contributed by atoms with van der Waals surface area (Å²) in [7, 11) is 0. The van der Waals surface area contributed by atoms with Gasteiger partial charge in [0.25, 0.3) is 0 Å². The maximum Gasteiger partial charge on any atom is 0.132 e. The largest absolute Gasteiger partial charge is 0.392 e. The third-order valence-electron chi connectivity index (χ3n) is 4.38. The Balaban J connectivity index is 1.57. The van der Waals surface area contributed by atoms with E-state index in [2.05, 4.69) is 10.3 Å². The van der Waals surface area contributed by atoms with Gasteiger partial charge in [0.05, 0.1) is 12.1 Å². The highest BCUT2D eigenvalue weighted by atomic mass is 19.1. The van der Waals surface area contributed by atoms with Crippen LogP contribution in [0.1, 0.15) is 23.5 Å². The molecule has 1 aromatic heterocycles. The molecule has 2 atom stereocenters. The molecule has 0 bridgehead atoms. The Morgan fingerprint density at radius 3 is 2.70 bits per heavy atom. The van der Waals surface area contributed by atoms with Crippen LogP contribution < -0.4 is 5.32 Å². The molecular weight excluding hydrogens is 291 g/mol. The number of aromatic nitrogens is 1. The molecule has 0 radical (unpaired) electrons. The molecule has 23 heavy (non-hydrogen) atoms. The lowest BCUT2D eigenvalue weighted by Gasteiger charge is -2.11. The van der Waals surface area contributed by atoms with Gasteiger partial charge < -0.3 is 10.4 Å². The lowest BCUT2D eigenvalue weighted by atomic mass is 10.1. The Morgan fingerprint density at radius 2 is 1.91 bits per heavy atom. The number of hydrogen-bond donors (Lipinski definition) is 2. The molecule has 0 unspecified atom stereocenters. The first-order valence-electron chi connectivity index (χ1n) is 7.76. The first-order chi connectivity index (χ1) is 11.2. The van der Waals surface area contributed by atoms with Crippen LogP contribution in [0.15, 0.2) is 54.6 Å². The van der Waals surface area contributed by atoms with Crippen molar-refractivity contribution >= 4 is 16.7 Å². The molecule has 0 aliphatic heterocycles. The van der Waals surface area contributed by atoms with Gasteiger partial charge in [0.1, 0.15) is 11.6 Å². The molecule has 1 fully saturated rings. The first-order valence-corrected chi connectivity index (χ1v) is 7.76. The van der Waals surface area contributed by atoms with E-state index in [0.29, 0.717) is 5.92 Å². The smallest absolute Gasteiger partial charge is 0.132 e. The van der Waals surface area contributed by atoms with Gasteiger partial charge in [-0.3, -0.25) is 0 Å². The van der Waals surface area contributed by atoms with Crippen molar-refractivity contribution in [1.29, 1.82) is 0 Å². The van der Waals surface area contributed by atoms with E-state index in [4.69, 9.17) is 0 Å². The third-order valence-corrected chi connectivity index (χ3v) is 4.38. The molecule has 116 valence electrons. The van der Waals surface area contributed by atoms with Crippen LogP contribution in [0.5, 0.6) is 0 Å². The molecule has 2 aromatic carbocycles. The van der Waals surface area contributed by atoms with Crippen molar-refractivity contribution in [1.82, 2.24) is 4.98 Å². The van der Waals surface area contributed by atoms with Crippen molar-refractivity contribution in [2.45, 2.75) is 25.0 Å². The molecule has 0 spiro atoms. The van der Waals surface area contributed by atoms with Gasteiger partial charge in [0, 0.05) is 22.9 Å². The number of rotatable bonds is 4. The van der Waals surface area contributed by atoms with Crippen LogP contribution in [-0.4, -0.2) is 16.1 Å². The summed E-state index contributed by atoms with van der Waals surface area (Å²) in [4.78, 5) is 4.64. The van der Waals surface area contributed by atoms with E-state index in [1.807, 2.05) is 42.5 Å². The normalized spacial score (nSPS) is 19.7. The van der Waals surface area contributed by atoms with E-state index in [9.17, 15) is 9.50 Å². The Bertz CT molecular complexity index is 848. The van der Waals surface area contributed by atoms with Gasteiger partial charge in [-0.25, -0.2) is 9.37 Å². The second-order valence-corrected chi connectivity index (χ2v) is 5.99. The second kappa shape index (κ2) is 5.63. The zero-order valence-electron chi connectivity index (χ0n) is 12.5. The summed E-state index contributed by atoms with van der Waals surface area (Å²) in [5.41, 5.74) is 2.84. The van der Waals surface area contributed by atoms with E-state index in [1.165, 1.54) is 12.1 Å². The van der Waals surface area contributed by atoms with Crippen LogP contribution in [0.3, 0.4) is 0 Å². The highest BCUT2D eigenvalue weighted by molar-refractivity contribution is 5.81. The second-order valence-electron chi connectivity index (χ2n) is 5.99. The quantitative estimate of drug-likeness (QED) is 0.770. The Labute approximate surface area is 133 Å². The summed E-state index contributed by atoms with van der Waals surface area (Å²) < 4.78 is 13.0. The van der Waals surface area contributed by atoms with E-state index in [-0.39, 0.29) is 18.5 Å². The van der Waals surface area contributed by atoms with E-state index >= 15 is 0 Å². The fourth-order valence-corrected chi connectivity index (χ4v) is 3.01. The number of benzene rings is 2. The number of nitrogens with zero attached hydrogens (tertiary/aromatic N) is 1. The lowest BCUT2D eigenvalue weighted by molar-refractivity contribution is 0.282. The molecule has 4 rings (SSSR count). The van der Waals surface area contributed by atoms with Gasteiger partial charge in [0.2, 0.25) is 0 Å². The molecule has 0 saturated heterocycles. The van der Waals surface area contributed by atoms with Gasteiger partial charge in [-0.05, 0) is 36.2 Å². The molecule has 1 aliphatic carbocycles. The Hall–Kier alpha value is -2.46. The zero-order chi connectivity index (χ0) is 15.8. The van der Waals surface area contributed by atoms with E-state index in [1.54, 1.807) is 0 Å². The highest BCUT2D eigenvalue weighted by Gasteiger charge is 2.38. The van der Waals surface area contributed by atoms with Crippen LogP contribution >= 0.6 is 0 Å². The monoisotopic (exact) mass is 308 g/mol.